The highest BCUT2D eigenvalue weighted by Gasteiger charge is 2.37. The number of nitrogens with zero attached hydrogens (tertiary/aromatic N) is 2. The molecule has 2 rings (SSSR count). The summed E-state index contributed by atoms with van der Waals surface area (Å²) in [6, 6.07) is -12.0. The van der Waals surface area contributed by atoms with E-state index in [1.807, 2.05) is 0 Å². The van der Waals surface area contributed by atoms with Gasteiger partial charge in [0.1, 0.15) is 42.3 Å². The van der Waals surface area contributed by atoms with Crippen LogP contribution < -0.4 is 59.7 Å². The zero-order valence-electron chi connectivity index (χ0n) is 34.5. The van der Waals surface area contributed by atoms with Crippen LogP contribution in [-0.2, 0) is 52.7 Å². The second-order valence-electron chi connectivity index (χ2n) is 14.2. The number of aliphatic imine (C=N–C) groups is 1. The molecule has 0 aromatic carbocycles. The summed E-state index contributed by atoms with van der Waals surface area (Å²) in [5.41, 5.74) is 16.7. The van der Waals surface area contributed by atoms with Crippen molar-refractivity contribution in [2.45, 2.75) is 87.4 Å². The van der Waals surface area contributed by atoms with Crippen molar-refractivity contribution in [2.75, 3.05) is 50.9 Å². The fourth-order valence-electron chi connectivity index (χ4n) is 5.79. The average molecular weight is 950 g/mol. The quantitative estimate of drug-likeness (QED) is 0.0442. The molecule has 0 spiro atoms. The molecule has 18 N–H and O–H groups in total. The zero-order chi connectivity index (χ0) is 48.1. The summed E-state index contributed by atoms with van der Waals surface area (Å²) in [6.07, 6.45) is -0.425. The number of nitrogens with two attached hydrogens (primary N) is 3. The van der Waals surface area contributed by atoms with E-state index in [9.17, 15) is 73.2 Å². The Morgan fingerprint density at radius 2 is 1.30 bits per heavy atom. The van der Waals surface area contributed by atoms with Gasteiger partial charge in [-0.25, -0.2) is 4.79 Å². The molecule has 0 radical (unpaired) electrons. The van der Waals surface area contributed by atoms with Crippen LogP contribution in [0.2, 0.25) is 0 Å². The Balaban J connectivity index is 2.36. The highest BCUT2D eigenvalue weighted by Crippen LogP contribution is 2.23. The third-order valence-electron chi connectivity index (χ3n) is 9.22. The van der Waals surface area contributed by atoms with Crippen molar-refractivity contribution in [2.24, 2.45) is 22.2 Å². The van der Waals surface area contributed by atoms with E-state index in [4.69, 9.17) is 17.2 Å². The first-order valence-electron chi connectivity index (χ1n) is 19.6. The summed E-state index contributed by atoms with van der Waals surface area (Å²) < 4.78 is 0. The van der Waals surface area contributed by atoms with Gasteiger partial charge in [0, 0.05) is 24.6 Å². The number of carboxylic acid groups (broad SMARTS) is 2. The van der Waals surface area contributed by atoms with Crippen molar-refractivity contribution in [3.05, 3.63) is 0 Å². The molecule has 0 saturated carbocycles. The van der Waals surface area contributed by atoms with Crippen LogP contribution >= 0.6 is 21.6 Å². The Labute approximate surface area is 372 Å². The van der Waals surface area contributed by atoms with Gasteiger partial charge < -0.3 is 85.1 Å². The summed E-state index contributed by atoms with van der Waals surface area (Å²) in [5.74, 6) is -12.6. The van der Waals surface area contributed by atoms with E-state index in [0.29, 0.717) is 6.42 Å². The number of guanidine groups is 1. The minimum atomic E-state index is -1.76. The Morgan fingerprint density at radius 3 is 1.91 bits per heavy atom. The number of aliphatic carboxylic acids is 2. The van der Waals surface area contributed by atoms with E-state index < -0.39 is 146 Å². The average Bonchev–Trinajstić information content (AvgIpc) is 3.74. The largest absolute Gasteiger partial charge is 0.481 e. The second-order valence-corrected chi connectivity index (χ2v) is 16.8. The molecule has 30 heteroatoms. The highest BCUT2D eigenvalue weighted by molar-refractivity contribution is 8.76. The lowest BCUT2D eigenvalue weighted by Gasteiger charge is -2.26. The number of hydrogen-bond donors (Lipinski definition) is 15. The van der Waals surface area contributed by atoms with E-state index in [0.717, 1.165) is 26.5 Å². The number of carboxylic acids is 2. The number of amides is 9. The van der Waals surface area contributed by atoms with Crippen molar-refractivity contribution in [3.8, 4) is 0 Å². The Bertz CT molecular complexity index is 1770. The molecule has 0 unspecified atom stereocenters. The van der Waals surface area contributed by atoms with Gasteiger partial charge in [0.15, 0.2) is 5.96 Å². The molecule has 0 bridgehead atoms. The molecular weight excluding hydrogens is 895 g/mol. The standard InChI is InChI=1S/C34H55N13O15S2/c1-15-26(54)44-19(11-48)30(58)45-20(12-49)31(59)46-21(33(61)62)14-64-63-13-16(35)27(55)43-17(4-2-6-38-34(36)37)28(56)39-9-23(50)42-18(8-25(52)53)29(57)40-10-24(51)47-7-3-5-22(47)32(60)41-15/h15-22,48-49H,2-14,35H2,1H3,(H,39,56)(H,40,57)(H,41,60)(H,42,50)(H,43,55)(H,44,54)(H,45,58)(H,46,59)(H,52,53)(H,61,62)(H4,36,37,38)/t15-,16-,17-,18-,19-,20-,21-,22-/m0/s1. The van der Waals surface area contributed by atoms with Gasteiger partial charge in [-0.3, -0.25) is 52.9 Å². The van der Waals surface area contributed by atoms with Gasteiger partial charge >= 0.3 is 11.9 Å². The predicted molar refractivity (Wildman–Crippen MR) is 225 cm³/mol. The van der Waals surface area contributed by atoms with Crippen LogP contribution in [0.25, 0.3) is 0 Å². The van der Waals surface area contributed by atoms with Gasteiger partial charge in [-0.15, -0.1) is 0 Å². The van der Waals surface area contributed by atoms with E-state index in [2.05, 4.69) is 47.5 Å². The van der Waals surface area contributed by atoms with Gasteiger partial charge in [-0.1, -0.05) is 21.6 Å². The third kappa shape index (κ3) is 18.4. The topological polar surface area (TPSA) is 459 Å². The molecular formula is C34H55N13O15S2. The molecule has 2 aliphatic heterocycles. The molecule has 64 heavy (non-hydrogen) atoms. The number of hydrogen-bond acceptors (Lipinski definition) is 17. The molecule has 9 amide bonds. The van der Waals surface area contributed by atoms with E-state index in [1.165, 1.54) is 6.92 Å². The molecule has 0 aromatic rings. The maximum atomic E-state index is 13.2. The van der Waals surface area contributed by atoms with Gasteiger partial charge in [0.25, 0.3) is 0 Å². The van der Waals surface area contributed by atoms with Crippen LogP contribution in [0.1, 0.15) is 39.0 Å². The summed E-state index contributed by atoms with van der Waals surface area (Å²) in [5, 5.41) is 56.8. The molecule has 0 aromatic heterocycles. The van der Waals surface area contributed by atoms with Gasteiger partial charge in [-0.2, -0.15) is 0 Å². The smallest absolute Gasteiger partial charge is 0.327 e. The molecule has 2 aliphatic rings. The first-order valence-corrected chi connectivity index (χ1v) is 22.0. The summed E-state index contributed by atoms with van der Waals surface area (Å²) in [7, 11) is 1.78. The summed E-state index contributed by atoms with van der Waals surface area (Å²) in [6.45, 7) is -2.33. The zero-order valence-corrected chi connectivity index (χ0v) is 36.2. The number of fused-ring (bicyclic) bond motifs is 1. The summed E-state index contributed by atoms with van der Waals surface area (Å²) >= 11 is 0. The lowest BCUT2D eigenvalue weighted by molar-refractivity contribution is -0.142. The highest BCUT2D eigenvalue weighted by atomic mass is 33.1. The Morgan fingerprint density at radius 1 is 0.719 bits per heavy atom. The van der Waals surface area contributed by atoms with Crippen LogP contribution in [0.5, 0.6) is 0 Å². The molecule has 358 valence electrons. The van der Waals surface area contributed by atoms with Gasteiger partial charge in [0.2, 0.25) is 53.2 Å². The lowest BCUT2D eigenvalue weighted by Crippen LogP contribution is -2.60. The SMILES string of the molecule is C[C@@H]1NC(=O)[C@@H]2CCCN2C(=O)CNC(=O)[C@H](CC(=O)O)NC(=O)CNC(=O)[C@H](CCCN=C(N)N)NC(=O)[C@@H](N)CSSC[C@@H](C(=O)O)NC(=O)[C@H](CO)NC(=O)[C@H](CO)NC1=O. The molecule has 2 fully saturated rings. The molecule has 2 saturated heterocycles. The van der Waals surface area contributed by atoms with Crippen LogP contribution in [-0.4, -0.2) is 196 Å². The first-order chi connectivity index (χ1) is 30.2. The fourth-order valence-corrected chi connectivity index (χ4v) is 8.07. The lowest BCUT2D eigenvalue weighted by atomic mass is 10.1. The van der Waals surface area contributed by atoms with Gasteiger partial charge in [-0.05, 0) is 32.6 Å². The van der Waals surface area contributed by atoms with Crippen molar-refractivity contribution in [3.63, 3.8) is 0 Å². The Hall–Kier alpha value is -5.98. The monoisotopic (exact) mass is 949 g/mol. The minimum Gasteiger partial charge on any atom is -0.481 e. The molecule has 28 nitrogen and oxygen atoms in total. The molecule has 2 heterocycles. The second kappa shape index (κ2) is 27.3. The van der Waals surface area contributed by atoms with Crippen LogP contribution in [0.4, 0.5) is 0 Å². The number of carbonyl (C=O) groups excluding carboxylic acids is 9. The Kier molecular flexibility index (Phi) is 23.1. The minimum absolute atomic E-state index is 0.0361. The predicted octanol–water partition coefficient (Wildman–Crippen LogP) is -8.54. The first kappa shape index (κ1) is 54.2. The van der Waals surface area contributed by atoms with E-state index >= 15 is 0 Å². The number of rotatable bonds is 9. The normalized spacial score (nSPS) is 27.2. The van der Waals surface area contributed by atoms with Crippen LogP contribution in [0, 0.1) is 0 Å². The number of aliphatic hydroxyl groups excluding tert-OH is 2. The van der Waals surface area contributed by atoms with E-state index in [-0.39, 0.29) is 49.8 Å². The molecule has 0 aliphatic carbocycles. The van der Waals surface area contributed by atoms with E-state index in [1.54, 1.807) is 0 Å². The number of aliphatic hydroxyl groups is 2. The van der Waals surface area contributed by atoms with Crippen molar-refractivity contribution < 1.29 is 73.2 Å². The van der Waals surface area contributed by atoms with Crippen molar-refractivity contribution >= 4 is 92.7 Å². The van der Waals surface area contributed by atoms with Crippen molar-refractivity contribution in [1.29, 1.82) is 0 Å². The third-order valence-corrected chi connectivity index (χ3v) is 11.7. The molecule has 8 atom stereocenters. The number of carbonyl (C=O) groups is 11. The number of nitrogens with one attached hydrogen (secondary N) is 8. The maximum Gasteiger partial charge on any atom is 0.327 e. The summed E-state index contributed by atoms with van der Waals surface area (Å²) in [4.78, 5) is 146. The van der Waals surface area contributed by atoms with Gasteiger partial charge in [0.05, 0.1) is 38.8 Å². The van der Waals surface area contributed by atoms with Crippen LogP contribution in [0.15, 0.2) is 4.99 Å². The van der Waals surface area contributed by atoms with Crippen LogP contribution in [0.3, 0.4) is 0 Å². The van der Waals surface area contributed by atoms with Crippen molar-refractivity contribution in [1.82, 2.24) is 47.4 Å². The fraction of sp³-hybridized carbons (Fsp3) is 0.647. The maximum absolute atomic E-state index is 13.2.